The summed E-state index contributed by atoms with van der Waals surface area (Å²) in [5, 5.41) is 13.8. The number of nitrogens with two attached hydrogens (primary N) is 3. The van der Waals surface area contributed by atoms with Crippen molar-refractivity contribution >= 4 is 47.3 Å². The molecule has 2 aliphatic rings. The van der Waals surface area contributed by atoms with E-state index in [-0.39, 0.29) is 63.1 Å². The Morgan fingerprint density at radius 2 is 1.40 bits per heavy atom. The van der Waals surface area contributed by atoms with Crippen molar-refractivity contribution in [3.63, 3.8) is 0 Å². The van der Waals surface area contributed by atoms with Gasteiger partial charge in [0.15, 0.2) is 5.96 Å². The second-order valence-electron chi connectivity index (χ2n) is 16.7. The van der Waals surface area contributed by atoms with E-state index in [1.54, 1.807) is 0 Å². The van der Waals surface area contributed by atoms with Gasteiger partial charge in [-0.1, -0.05) is 104 Å². The van der Waals surface area contributed by atoms with Crippen LogP contribution in [0.3, 0.4) is 0 Å². The van der Waals surface area contributed by atoms with Crippen LogP contribution in [0.2, 0.25) is 0 Å². The molecule has 11 N–H and O–H groups in total. The molecule has 2 fully saturated rings. The molecule has 1 unspecified atom stereocenters. The predicted molar refractivity (Wildman–Crippen MR) is 233 cm³/mol. The minimum atomic E-state index is -1.24. The molecule has 2 saturated heterocycles. The quantitative estimate of drug-likeness (QED) is 0.0451. The molecule has 0 radical (unpaired) electrons. The van der Waals surface area contributed by atoms with E-state index in [4.69, 9.17) is 17.2 Å². The third kappa shape index (κ3) is 20.2. The van der Waals surface area contributed by atoms with Gasteiger partial charge in [-0.05, 0) is 57.3 Å². The lowest BCUT2D eigenvalue weighted by Crippen LogP contribution is -2.60. The lowest BCUT2D eigenvalue weighted by molar-refractivity contribution is -0.143. The van der Waals surface area contributed by atoms with Crippen LogP contribution in [-0.2, 0) is 33.6 Å². The van der Waals surface area contributed by atoms with Crippen molar-refractivity contribution in [2.24, 2.45) is 28.1 Å². The largest absolute Gasteiger partial charge is 0.370 e. The van der Waals surface area contributed by atoms with Gasteiger partial charge >= 0.3 is 0 Å². The van der Waals surface area contributed by atoms with E-state index in [9.17, 15) is 33.6 Å². The highest BCUT2D eigenvalue weighted by Gasteiger charge is 2.41. The molecule has 17 heteroatoms. The summed E-state index contributed by atoms with van der Waals surface area (Å²) in [6.07, 6.45) is 17.9. The molecular formula is C43H78N10O7. The normalized spacial score (nSPS) is 23.0. The van der Waals surface area contributed by atoms with E-state index in [1.165, 1.54) is 62.7 Å². The molecule has 0 aromatic heterocycles. The van der Waals surface area contributed by atoms with Gasteiger partial charge in [0.25, 0.3) is 0 Å². The van der Waals surface area contributed by atoms with Crippen LogP contribution in [0.15, 0.2) is 4.99 Å². The number of amides is 7. The summed E-state index contributed by atoms with van der Waals surface area (Å²) >= 11 is 0. The number of unbranched alkanes of at least 4 members (excludes halogenated alkanes) is 12. The highest BCUT2D eigenvalue weighted by atomic mass is 16.2. The van der Waals surface area contributed by atoms with E-state index in [0.29, 0.717) is 44.9 Å². The van der Waals surface area contributed by atoms with Crippen LogP contribution < -0.4 is 43.8 Å². The van der Waals surface area contributed by atoms with Gasteiger partial charge in [0.05, 0.1) is 6.42 Å². The fraction of sp³-hybridized carbons (Fsp3) is 0.814. The Balaban J connectivity index is 2.19. The van der Waals surface area contributed by atoms with Crippen molar-refractivity contribution in [2.45, 2.75) is 199 Å². The number of nitrogens with one attached hydrogen (secondary N) is 5. The SMILES string of the molecule is CCCCCCCCCCCCCCCC(=O)N[C@H]1CC(=O)NCCCC[C@@H](C(N)=O)NC(=O)[C@H](CCCN=C(N)N)NC(=O)[C@@H]2CCCN2C(=O)[C@H](C(C)CC)NC1=O. The molecule has 17 nitrogen and oxygen atoms in total. The van der Waals surface area contributed by atoms with E-state index in [1.807, 2.05) is 13.8 Å². The fourth-order valence-electron chi connectivity index (χ4n) is 7.75. The summed E-state index contributed by atoms with van der Waals surface area (Å²) < 4.78 is 0. The molecule has 0 aliphatic carbocycles. The van der Waals surface area contributed by atoms with Crippen LogP contribution in [0.1, 0.15) is 168 Å². The minimum Gasteiger partial charge on any atom is -0.370 e. The lowest BCUT2D eigenvalue weighted by atomic mass is 9.96. The number of hydrogen-bond acceptors (Lipinski definition) is 8. The second-order valence-corrected chi connectivity index (χ2v) is 16.7. The average molecular weight is 847 g/mol. The zero-order valence-electron chi connectivity index (χ0n) is 36.8. The number of fused-ring (bicyclic) bond motifs is 1. The molecule has 0 aromatic carbocycles. The van der Waals surface area contributed by atoms with Crippen molar-refractivity contribution in [1.29, 1.82) is 0 Å². The number of carbonyl (C=O) groups is 7. The maximum Gasteiger partial charge on any atom is 0.246 e. The third-order valence-electron chi connectivity index (χ3n) is 11.6. The van der Waals surface area contributed by atoms with Crippen LogP contribution in [0, 0.1) is 5.92 Å². The maximum absolute atomic E-state index is 14.3. The highest BCUT2D eigenvalue weighted by Crippen LogP contribution is 2.22. The van der Waals surface area contributed by atoms with Gasteiger partial charge in [-0.2, -0.15) is 0 Å². The van der Waals surface area contributed by atoms with Crippen molar-refractivity contribution in [3.05, 3.63) is 0 Å². The first-order valence-electron chi connectivity index (χ1n) is 22.9. The Kier molecular flexibility index (Phi) is 25.6. The molecule has 7 amide bonds. The molecule has 342 valence electrons. The van der Waals surface area contributed by atoms with Crippen molar-refractivity contribution in [3.8, 4) is 0 Å². The molecular weight excluding hydrogens is 769 g/mol. The number of rotatable bonds is 22. The molecule has 0 spiro atoms. The Labute approximate surface area is 358 Å². The first kappa shape index (κ1) is 51.7. The zero-order chi connectivity index (χ0) is 44.3. The predicted octanol–water partition coefficient (Wildman–Crippen LogP) is 2.67. The number of carbonyl (C=O) groups excluding carboxylic acids is 7. The number of nitrogens with zero attached hydrogens (tertiary/aromatic N) is 2. The Morgan fingerprint density at radius 3 is 2.00 bits per heavy atom. The Morgan fingerprint density at radius 1 is 0.767 bits per heavy atom. The first-order valence-corrected chi connectivity index (χ1v) is 22.9. The van der Waals surface area contributed by atoms with Gasteiger partial charge in [0.2, 0.25) is 41.4 Å². The molecule has 0 bridgehead atoms. The van der Waals surface area contributed by atoms with Gasteiger partial charge in [0.1, 0.15) is 30.2 Å². The van der Waals surface area contributed by atoms with Crippen LogP contribution in [-0.4, -0.2) is 102 Å². The summed E-state index contributed by atoms with van der Waals surface area (Å²) in [5.74, 6) is -4.39. The van der Waals surface area contributed by atoms with Crippen LogP contribution >= 0.6 is 0 Å². The van der Waals surface area contributed by atoms with E-state index in [0.717, 1.165) is 19.3 Å². The highest BCUT2D eigenvalue weighted by molar-refractivity contribution is 5.97. The number of primary amides is 1. The Bertz CT molecular complexity index is 1390. The Hall–Kier alpha value is -4.44. The standard InChI is InChI=1S/C43H78N10O7/c1-4-6-7-8-9-10-11-12-13-14-15-16-17-25-35(54)49-33-29-36(55)47-26-19-18-22-31(38(44)56)50-39(57)32(23-20-27-48-43(45)46)51-41(59)34-24-21-28-53(34)42(60)37(30(3)5-2)52-40(33)58/h30-34,37H,4-29H2,1-3H3,(H2,44,56)(H,47,55)(H,49,54)(H,50,57)(H,51,59)(H,52,58)(H4,45,46,48)/t30?,31-,32-,33-,34-,37-/m0/s1. The topological polar surface area (TPSA) is 273 Å². The van der Waals surface area contributed by atoms with Gasteiger partial charge in [-0.15, -0.1) is 0 Å². The summed E-state index contributed by atoms with van der Waals surface area (Å²) in [7, 11) is 0. The molecule has 2 aliphatic heterocycles. The summed E-state index contributed by atoms with van der Waals surface area (Å²) in [5.41, 5.74) is 16.6. The third-order valence-corrected chi connectivity index (χ3v) is 11.6. The van der Waals surface area contributed by atoms with E-state index >= 15 is 0 Å². The van der Waals surface area contributed by atoms with Crippen LogP contribution in [0.25, 0.3) is 0 Å². The summed E-state index contributed by atoms with van der Waals surface area (Å²) in [6, 6.07) is -5.37. The molecule has 60 heavy (non-hydrogen) atoms. The number of aliphatic imine (C=N–C) groups is 1. The monoisotopic (exact) mass is 847 g/mol. The van der Waals surface area contributed by atoms with E-state index < -0.39 is 65.7 Å². The molecule has 2 rings (SSSR count). The fourth-order valence-corrected chi connectivity index (χ4v) is 7.75. The molecule has 0 aromatic rings. The van der Waals surface area contributed by atoms with Crippen LogP contribution in [0.5, 0.6) is 0 Å². The van der Waals surface area contributed by atoms with Gasteiger partial charge in [0, 0.05) is 26.1 Å². The van der Waals surface area contributed by atoms with Crippen molar-refractivity contribution in [2.75, 3.05) is 19.6 Å². The van der Waals surface area contributed by atoms with Gasteiger partial charge in [-0.3, -0.25) is 38.6 Å². The summed E-state index contributed by atoms with van der Waals surface area (Å²) in [4.78, 5) is 99.8. The molecule has 6 atom stereocenters. The molecule has 2 heterocycles. The smallest absolute Gasteiger partial charge is 0.246 e. The average Bonchev–Trinajstić information content (AvgIpc) is 3.71. The van der Waals surface area contributed by atoms with Gasteiger partial charge in [-0.25, -0.2) is 0 Å². The second kappa shape index (κ2) is 29.7. The van der Waals surface area contributed by atoms with Gasteiger partial charge < -0.3 is 48.7 Å². The van der Waals surface area contributed by atoms with Crippen molar-refractivity contribution < 1.29 is 33.6 Å². The van der Waals surface area contributed by atoms with Crippen molar-refractivity contribution in [1.82, 2.24) is 31.5 Å². The minimum absolute atomic E-state index is 0.119. The zero-order valence-corrected chi connectivity index (χ0v) is 36.8. The molecule has 0 saturated carbocycles. The van der Waals surface area contributed by atoms with Crippen LogP contribution in [0.4, 0.5) is 0 Å². The first-order chi connectivity index (χ1) is 28.8. The number of hydrogen-bond donors (Lipinski definition) is 8. The number of guanidine groups is 1. The summed E-state index contributed by atoms with van der Waals surface area (Å²) in [6.45, 7) is 6.56. The maximum atomic E-state index is 14.3. The lowest BCUT2D eigenvalue weighted by Gasteiger charge is -2.33. The van der Waals surface area contributed by atoms with E-state index in [2.05, 4.69) is 38.5 Å².